The maximum Gasteiger partial charge on any atom is 0.322 e. The molecule has 0 spiro atoms. The summed E-state index contributed by atoms with van der Waals surface area (Å²) in [6, 6.07) is 12.9. The van der Waals surface area contributed by atoms with Crippen LogP contribution in [0.25, 0.3) is 0 Å². The molecular weight excluding hydrogens is 388 g/mol. The van der Waals surface area contributed by atoms with Gasteiger partial charge >= 0.3 is 11.9 Å². The van der Waals surface area contributed by atoms with E-state index in [0.29, 0.717) is 5.69 Å². The van der Waals surface area contributed by atoms with E-state index < -0.39 is 29.2 Å². The van der Waals surface area contributed by atoms with Crippen molar-refractivity contribution in [2.75, 3.05) is 18.5 Å². The largest absolute Gasteiger partial charge is 0.494 e. The molecule has 1 aliphatic heterocycles. The minimum absolute atomic E-state index is 0.0570. The van der Waals surface area contributed by atoms with Crippen molar-refractivity contribution in [3.8, 4) is 11.8 Å². The first-order valence-corrected chi connectivity index (χ1v) is 9.39. The summed E-state index contributed by atoms with van der Waals surface area (Å²) in [6.07, 6.45) is 0. The van der Waals surface area contributed by atoms with Crippen LogP contribution in [-0.2, 0) is 24.5 Å². The van der Waals surface area contributed by atoms with Crippen LogP contribution < -0.4 is 10.1 Å². The van der Waals surface area contributed by atoms with Gasteiger partial charge in [0.2, 0.25) is 5.91 Å². The summed E-state index contributed by atoms with van der Waals surface area (Å²) in [5.41, 5.74) is -1.03. The van der Waals surface area contributed by atoms with Crippen molar-refractivity contribution in [1.82, 2.24) is 0 Å². The first kappa shape index (κ1) is 20.9. The Kier molecular flexibility index (Phi) is 5.74. The number of rotatable bonds is 7. The van der Waals surface area contributed by atoms with Crippen molar-refractivity contribution in [3.63, 3.8) is 0 Å². The Balaban J connectivity index is 2.44. The van der Waals surface area contributed by atoms with Gasteiger partial charge in [-0.15, -0.1) is 0 Å². The number of para-hydroxylation sites is 1. The molecule has 0 aromatic heterocycles. The molecule has 1 heterocycles. The number of ether oxygens (including phenoxy) is 2. The van der Waals surface area contributed by atoms with Gasteiger partial charge in [0.25, 0.3) is 0 Å². The van der Waals surface area contributed by atoms with Gasteiger partial charge in [-0.05, 0) is 43.7 Å². The Hall–Kier alpha value is -3.86. The smallest absolute Gasteiger partial charge is 0.322 e. The summed E-state index contributed by atoms with van der Waals surface area (Å²) in [5.74, 6) is -4.91. The number of benzene rings is 2. The number of hydrogen-bond donors (Lipinski definition) is 2. The first-order valence-electron chi connectivity index (χ1n) is 9.39. The SMILES string of the molecule is CCOC(=O)C(C(=O)O)C1(c2ccccc2OCC)C(=O)Nc2ccc(C#N)cc21. The van der Waals surface area contributed by atoms with Gasteiger partial charge in [-0.1, -0.05) is 18.2 Å². The lowest BCUT2D eigenvalue weighted by Gasteiger charge is -2.33. The number of fused-ring (bicyclic) bond motifs is 1. The molecule has 0 aliphatic carbocycles. The van der Waals surface area contributed by atoms with Crippen LogP contribution in [0.4, 0.5) is 5.69 Å². The van der Waals surface area contributed by atoms with Gasteiger partial charge in [-0.25, -0.2) is 0 Å². The van der Waals surface area contributed by atoms with Crippen molar-refractivity contribution < 1.29 is 29.0 Å². The van der Waals surface area contributed by atoms with Crippen molar-refractivity contribution in [2.24, 2.45) is 5.92 Å². The highest BCUT2D eigenvalue weighted by atomic mass is 16.5. The molecule has 1 amide bonds. The quantitative estimate of drug-likeness (QED) is 0.532. The summed E-state index contributed by atoms with van der Waals surface area (Å²) in [6.45, 7) is 3.50. The molecule has 2 aromatic carbocycles. The van der Waals surface area contributed by atoms with Crippen LogP contribution in [0, 0.1) is 17.2 Å². The molecule has 2 N–H and O–H groups in total. The Morgan fingerprint density at radius 2 is 1.90 bits per heavy atom. The van der Waals surface area contributed by atoms with E-state index in [1.54, 1.807) is 38.1 Å². The topological polar surface area (TPSA) is 126 Å². The van der Waals surface area contributed by atoms with Crippen molar-refractivity contribution >= 4 is 23.5 Å². The first-order chi connectivity index (χ1) is 14.4. The summed E-state index contributed by atoms with van der Waals surface area (Å²) >= 11 is 0. The van der Waals surface area contributed by atoms with E-state index in [-0.39, 0.29) is 35.7 Å². The van der Waals surface area contributed by atoms with Crippen LogP contribution in [0.3, 0.4) is 0 Å². The number of nitrogens with zero attached hydrogens (tertiary/aromatic N) is 1. The predicted molar refractivity (Wildman–Crippen MR) is 106 cm³/mol. The minimum atomic E-state index is -1.98. The third-order valence-corrected chi connectivity index (χ3v) is 4.99. The molecule has 0 bridgehead atoms. The molecule has 0 fully saturated rings. The Labute approximate surface area is 173 Å². The highest BCUT2D eigenvalue weighted by Gasteiger charge is 2.61. The van der Waals surface area contributed by atoms with Crippen LogP contribution >= 0.6 is 0 Å². The molecule has 1 aliphatic rings. The monoisotopic (exact) mass is 408 g/mol. The molecule has 30 heavy (non-hydrogen) atoms. The number of amides is 1. The van der Waals surface area contributed by atoms with Crippen molar-refractivity contribution in [1.29, 1.82) is 5.26 Å². The van der Waals surface area contributed by atoms with E-state index in [9.17, 15) is 24.8 Å². The third kappa shape index (κ3) is 3.14. The molecule has 8 nitrogen and oxygen atoms in total. The maximum absolute atomic E-state index is 13.4. The van der Waals surface area contributed by atoms with Gasteiger partial charge in [-0.2, -0.15) is 5.26 Å². The molecule has 154 valence electrons. The number of carboxylic acids is 1. The highest BCUT2D eigenvalue weighted by Crippen LogP contribution is 2.51. The lowest BCUT2D eigenvalue weighted by molar-refractivity contribution is -0.163. The second-order valence-corrected chi connectivity index (χ2v) is 6.59. The lowest BCUT2D eigenvalue weighted by Crippen LogP contribution is -2.51. The Bertz CT molecular complexity index is 1060. The van der Waals surface area contributed by atoms with E-state index in [4.69, 9.17) is 9.47 Å². The van der Waals surface area contributed by atoms with E-state index in [1.807, 2.05) is 6.07 Å². The predicted octanol–water partition coefficient (Wildman–Crippen LogP) is 2.46. The zero-order chi connectivity index (χ0) is 21.9. The zero-order valence-electron chi connectivity index (χ0n) is 16.5. The Morgan fingerprint density at radius 1 is 1.17 bits per heavy atom. The number of hydrogen-bond acceptors (Lipinski definition) is 6. The fraction of sp³-hybridized carbons (Fsp3) is 0.273. The van der Waals surface area contributed by atoms with Crippen LogP contribution in [0.5, 0.6) is 5.75 Å². The number of nitriles is 1. The van der Waals surface area contributed by atoms with E-state index in [0.717, 1.165) is 0 Å². The number of nitrogens with one attached hydrogen (secondary N) is 1. The molecule has 2 unspecified atom stereocenters. The standard InChI is InChI=1S/C22H20N2O6/c1-3-29-17-8-6-5-7-14(17)22(18(19(25)26)20(27)30-4-2)15-11-13(12-23)9-10-16(15)24-21(22)28/h5-11,18H,3-4H2,1-2H3,(H,24,28)(H,25,26). The molecule has 8 heteroatoms. The van der Waals surface area contributed by atoms with Gasteiger partial charge in [0.1, 0.15) is 11.2 Å². The maximum atomic E-state index is 13.4. The van der Waals surface area contributed by atoms with Gasteiger partial charge in [-0.3, -0.25) is 14.4 Å². The van der Waals surface area contributed by atoms with E-state index >= 15 is 0 Å². The van der Waals surface area contributed by atoms with Gasteiger partial charge in [0.05, 0.1) is 24.8 Å². The molecule has 0 saturated carbocycles. The summed E-state index contributed by atoms with van der Waals surface area (Å²) in [4.78, 5) is 38.7. The molecule has 2 aromatic rings. The van der Waals surface area contributed by atoms with Crippen LogP contribution in [0.15, 0.2) is 42.5 Å². The number of aliphatic carboxylic acids is 1. The molecular formula is C22H20N2O6. The second kappa shape index (κ2) is 8.25. The van der Waals surface area contributed by atoms with Crippen molar-refractivity contribution in [2.45, 2.75) is 19.3 Å². The normalized spacial score (nSPS) is 18.0. The van der Waals surface area contributed by atoms with E-state index in [1.165, 1.54) is 18.2 Å². The molecule has 0 saturated heterocycles. The highest BCUT2D eigenvalue weighted by molar-refractivity contribution is 6.16. The van der Waals surface area contributed by atoms with Gasteiger partial charge < -0.3 is 19.9 Å². The summed E-state index contributed by atoms with van der Waals surface area (Å²) in [7, 11) is 0. The van der Waals surface area contributed by atoms with Crippen LogP contribution in [-0.4, -0.2) is 36.2 Å². The van der Waals surface area contributed by atoms with Crippen LogP contribution in [0.1, 0.15) is 30.5 Å². The van der Waals surface area contributed by atoms with Crippen LogP contribution in [0.2, 0.25) is 0 Å². The fourth-order valence-electron chi connectivity index (χ4n) is 3.86. The average molecular weight is 408 g/mol. The van der Waals surface area contributed by atoms with E-state index in [2.05, 4.69) is 5.32 Å². The molecule has 3 rings (SSSR count). The van der Waals surface area contributed by atoms with Gasteiger partial charge in [0, 0.05) is 11.3 Å². The fourth-order valence-corrected chi connectivity index (χ4v) is 3.86. The van der Waals surface area contributed by atoms with Crippen molar-refractivity contribution in [3.05, 3.63) is 59.2 Å². The average Bonchev–Trinajstić information content (AvgIpc) is 3.00. The third-order valence-electron chi connectivity index (χ3n) is 4.99. The number of carbonyl (C=O) groups excluding carboxylic acids is 2. The molecule has 2 atom stereocenters. The summed E-state index contributed by atoms with van der Waals surface area (Å²) < 4.78 is 10.7. The number of carboxylic acid groups (broad SMARTS) is 1. The van der Waals surface area contributed by atoms with Gasteiger partial charge in [0.15, 0.2) is 5.92 Å². The Morgan fingerprint density at radius 3 is 2.53 bits per heavy atom. The summed E-state index contributed by atoms with van der Waals surface area (Å²) in [5, 5.41) is 22.1. The number of carbonyl (C=O) groups is 3. The number of anilines is 1. The minimum Gasteiger partial charge on any atom is -0.494 e. The zero-order valence-corrected chi connectivity index (χ0v) is 16.5. The number of esters is 1. The lowest BCUT2D eigenvalue weighted by atomic mass is 9.65. The molecule has 0 radical (unpaired) electrons. The second-order valence-electron chi connectivity index (χ2n) is 6.59.